The zero-order chi connectivity index (χ0) is 20.1. The van der Waals surface area contributed by atoms with Crippen LogP contribution in [0.4, 0.5) is 5.69 Å². The number of hydrogen-bond donors (Lipinski definition) is 0. The first-order valence-corrected chi connectivity index (χ1v) is 8.72. The van der Waals surface area contributed by atoms with Crippen LogP contribution in [0.2, 0.25) is 0 Å². The molecule has 0 fully saturated rings. The predicted molar refractivity (Wildman–Crippen MR) is 99.7 cm³/mol. The number of esters is 1. The molecule has 0 atom stereocenters. The number of carbonyl (C=O) groups is 1. The van der Waals surface area contributed by atoms with Crippen molar-refractivity contribution in [3.8, 4) is 5.75 Å². The lowest BCUT2D eigenvalue weighted by molar-refractivity contribution is -0.385. The summed E-state index contributed by atoms with van der Waals surface area (Å²) in [4.78, 5) is 22.7. The molecule has 27 heavy (non-hydrogen) atoms. The minimum absolute atomic E-state index is 0.0801. The molecule has 1 heterocycles. The van der Waals surface area contributed by atoms with Gasteiger partial charge in [-0.3, -0.25) is 19.6 Å². The van der Waals surface area contributed by atoms with Crippen LogP contribution in [0.3, 0.4) is 0 Å². The molecular formula is C19H25N3O5. The van der Waals surface area contributed by atoms with Crippen LogP contribution in [-0.4, -0.2) is 27.8 Å². The van der Waals surface area contributed by atoms with Crippen molar-refractivity contribution in [1.29, 1.82) is 0 Å². The molecule has 0 aliphatic carbocycles. The standard InChI is InChI=1S/C19H25N3O5/c1-12(2)10-21-14(4)17(13(3)20-21)9-19(23)27-11-15-8-16(22(24)25)6-7-18(15)26-5/h6-8,12H,9-11H2,1-5H3. The molecule has 0 radical (unpaired) electrons. The largest absolute Gasteiger partial charge is 0.496 e. The van der Waals surface area contributed by atoms with Gasteiger partial charge in [0.05, 0.1) is 24.1 Å². The minimum atomic E-state index is -0.499. The van der Waals surface area contributed by atoms with Gasteiger partial charge in [-0.25, -0.2) is 0 Å². The predicted octanol–water partition coefficient (Wildman–Crippen LogP) is 3.36. The Balaban J connectivity index is 2.08. The van der Waals surface area contributed by atoms with Crippen molar-refractivity contribution in [2.75, 3.05) is 7.11 Å². The van der Waals surface area contributed by atoms with Crippen molar-refractivity contribution in [2.45, 2.75) is 47.3 Å². The van der Waals surface area contributed by atoms with Gasteiger partial charge in [0.2, 0.25) is 0 Å². The Bertz CT molecular complexity index is 842. The van der Waals surface area contributed by atoms with E-state index in [1.807, 2.05) is 18.5 Å². The summed E-state index contributed by atoms with van der Waals surface area (Å²) in [6.45, 7) is 8.72. The van der Waals surface area contributed by atoms with Crippen LogP contribution >= 0.6 is 0 Å². The van der Waals surface area contributed by atoms with Crippen LogP contribution < -0.4 is 4.74 Å². The van der Waals surface area contributed by atoms with Crippen LogP contribution in [0.1, 0.15) is 36.4 Å². The first-order valence-electron chi connectivity index (χ1n) is 8.72. The van der Waals surface area contributed by atoms with Gasteiger partial charge in [0.15, 0.2) is 0 Å². The van der Waals surface area contributed by atoms with Crippen molar-refractivity contribution in [3.63, 3.8) is 0 Å². The van der Waals surface area contributed by atoms with Gasteiger partial charge in [0.1, 0.15) is 12.4 Å². The van der Waals surface area contributed by atoms with Crippen molar-refractivity contribution >= 4 is 11.7 Å². The molecule has 0 bridgehead atoms. The van der Waals surface area contributed by atoms with E-state index in [1.165, 1.54) is 25.3 Å². The van der Waals surface area contributed by atoms with Crippen LogP contribution in [-0.2, 0) is 29.1 Å². The molecule has 0 N–H and O–H groups in total. The highest BCUT2D eigenvalue weighted by Gasteiger charge is 2.18. The summed E-state index contributed by atoms with van der Waals surface area (Å²) in [5, 5.41) is 15.4. The Hall–Kier alpha value is -2.90. The van der Waals surface area contributed by atoms with Crippen molar-refractivity contribution in [2.24, 2.45) is 5.92 Å². The average Bonchev–Trinajstić information content (AvgIpc) is 2.86. The number of aromatic nitrogens is 2. The van der Waals surface area contributed by atoms with Crippen molar-refractivity contribution in [3.05, 3.63) is 50.8 Å². The van der Waals surface area contributed by atoms with Gasteiger partial charge in [0.25, 0.3) is 5.69 Å². The normalized spacial score (nSPS) is 10.9. The van der Waals surface area contributed by atoms with E-state index in [2.05, 4.69) is 18.9 Å². The highest BCUT2D eigenvalue weighted by molar-refractivity contribution is 5.73. The molecule has 0 amide bonds. The zero-order valence-corrected chi connectivity index (χ0v) is 16.3. The first-order chi connectivity index (χ1) is 12.7. The Kier molecular flexibility index (Phi) is 6.55. The van der Waals surface area contributed by atoms with E-state index in [-0.39, 0.29) is 18.7 Å². The summed E-state index contributed by atoms with van der Waals surface area (Å²) in [6, 6.07) is 4.19. The second-order valence-electron chi connectivity index (χ2n) is 6.82. The van der Waals surface area contributed by atoms with Crippen LogP contribution in [0.15, 0.2) is 18.2 Å². The monoisotopic (exact) mass is 375 g/mol. The molecule has 0 aliphatic rings. The second kappa shape index (κ2) is 8.66. The number of nitro benzene ring substituents is 1. The minimum Gasteiger partial charge on any atom is -0.496 e. The lowest BCUT2D eigenvalue weighted by atomic mass is 10.1. The zero-order valence-electron chi connectivity index (χ0n) is 16.3. The van der Waals surface area contributed by atoms with Crippen LogP contribution in [0.5, 0.6) is 5.75 Å². The molecule has 0 aliphatic heterocycles. The lowest BCUT2D eigenvalue weighted by Crippen LogP contribution is -2.11. The van der Waals surface area contributed by atoms with E-state index in [0.29, 0.717) is 17.2 Å². The summed E-state index contributed by atoms with van der Waals surface area (Å²) in [7, 11) is 1.46. The Morgan fingerprint density at radius 3 is 2.63 bits per heavy atom. The molecule has 146 valence electrons. The average molecular weight is 375 g/mol. The van der Waals surface area contributed by atoms with Crippen LogP contribution in [0.25, 0.3) is 0 Å². The molecule has 2 aromatic rings. The number of nitrogens with zero attached hydrogens (tertiary/aromatic N) is 3. The fourth-order valence-corrected chi connectivity index (χ4v) is 2.86. The van der Waals surface area contributed by atoms with Crippen LogP contribution in [0, 0.1) is 29.9 Å². The number of ether oxygens (including phenoxy) is 2. The van der Waals surface area contributed by atoms with Gasteiger partial charge < -0.3 is 9.47 Å². The number of methoxy groups -OCH3 is 1. The maximum atomic E-state index is 12.3. The third-order valence-electron chi connectivity index (χ3n) is 4.25. The van der Waals surface area contributed by atoms with Gasteiger partial charge in [-0.1, -0.05) is 13.8 Å². The molecule has 2 rings (SSSR count). The van der Waals surface area contributed by atoms with E-state index in [9.17, 15) is 14.9 Å². The van der Waals surface area contributed by atoms with E-state index >= 15 is 0 Å². The summed E-state index contributed by atoms with van der Waals surface area (Å²) in [6.07, 6.45) is 0.104. The Morgan fingerprint density at radius 2 is 2.04 bits per heavy atom. The number of aryl methyl sites for hydroxylation is 1. The van der Waals surface area contributed by atoms with E-state index in [4.69, 9.17) is 9.47 Å². The smallest absolute Gasteiger partial charge is 0.310 e. The topological polar surface area (TPSA) is 96.5 Å². The molecule has 1 aromatic carbocycles. The van der Waals surface area contributed by atoms with Gasteiger partial charge >= 0.3 is 5.97 Å². The summed E-state index contributed by atoms with van der Waals surface area (Å²) >= 11 is 0. The third-order valence-corrected chi connectivity index (χ3v) is 4.25. The maximum absolute atomic E-state index is 12.3. The molecule has 8 nitrogen and oxygen atoms in total. The maximum Gasteiger partial charge on any atom is 0.310 e. The van der Waals surface area contributed by atoms with E-state index in [1.54, 1.807) is 0 Å². The number of rotatable bonds is 8. The van der Waals surface area contributed by atoms with E-state index in [0.717, 1.165) is 23.5 Å². The molecular weight excluding hydrogens is 350 g/mol. The van der Waals surface area contributed by atoms with Gasteiger partial charge in [-0.05, 0) is 25.8 Å². The third kappa shape index (κ3) is 5.06. The van der Waals surface area contributed by atoms with Crippen molar-refractivity contribution < 1.29 is 19.2 Å². The number of non-ortho nitro benzene ring substituents is 1. The first kappa shape index (κ1) is 20.4. The molecule has 8 heteroatoms. The molecule has 0 unspecified atom stereocenters. The lowest BCUT2D eigenvalue weighted by Gasteiger charge is -2.10. The number of nitro groups is 1. The number of benzene rings is 1. The number of hydrogen-bond acceptors (Lipinski definition) is 6. The van der Waals surface area contributed by atoms with Gasteiger partial charge in [-0.2, -0.15) is 5.10 Å². The number of carbonyl (C=O) groups excluding carboxylic acids is 1. The molecule has 0 saturated carbocycles. The highest BCUT2D eigenvalue weighted by atomic mass is 16.6. The summed E-state index contributed by atoms with van der Waals surface area (Å²) < 4.78 is 12.4. The van der Waals surface area contributed by atoms with Gasteiger partial charge in [0, 0.05) is 35.5 Å². The molecule has 0 spiro atoms. The highest BCUT2D eigenvalue weighted by Crippen LogP contribution is 2.25. The Morgan fingerprint density at radius 1 is 1.33 bits per heavy atom. The summed E-state index contributed by atoms with van der Waals surface area (Å²) in [5.41, 5.74) is 2.98. The fourth-order valence-electron chi connectivity index (χ4n) is 2.86. The fraction of sp³-hybridized carbons (Fsp3) is 0.474. The quantitative estimate of drug-likeness (QED) is 0.399. The van der Waals surface area contributed by atoms with Crippen molar-refractivity contribution in [1.82, 2.24) is 9.78 Å². The van der Waals surface area contributed by atoms with E-state index < -0.39 is 10.9 Å². The Labute approximate surface area is 158 Å². The molecule has 0 saturated heterocycles. The SMILES string of the molecule is COc1ccc([N+](=O)[O-])cc1COC(=O)Cc1c(C)nn(CC(C)C)c1C. The molecule has 1 aromatic heterocycles. The second-order valence-corrected chi connectivity index (χ2v) is 6.82. The summed E-state index contributed by atoms with van der Waals surface area (Å²) in [5.74, 6) is 0.466. The van der Waals surface area contributed by atoms with Gasteiger partial charge in [-0.15, -0.1) is 0 Å².